The van der Waals surface area contributed by atoms with Gasteiger partial charge in [0, 0.05) is 12.7 Å². The molecule has 0 saturated carbocycles. The van der Waals surface area contributed by atoms with E-state index in [1.807, 2.05) is 24.3 Å². The highest BCUT2D eigenvalue weighted by molar-refractivity contribution is 7.99. The number of para-hydroxylation sites is 1. The Morgan fingerprint density at radius 1 is 1.10 bits per heavy atom. The Labute approximate surface area is 172 Å². The van der Waals surface area contributed by atoms with E-state index in [2.05, 4.69) is 15.6 Å². The summed E-state index contributed by atoms with van der Waals surface area (Å²) >= 11 is 2.84. The van der Waals surface area contributed by atoms with Crippen molar-refractivity contribution < 1.29 is 22.8 Å². The molecule has 1 heterocycles. The SMILES string of the molecule is CC(=O)Nc1ccc(C(F)(F)F)cc1NC(=O)CSCc1nc2ccccc2s1. The number of thiazole rings is 1. The van der Waals surface area contributed by atoms with Gasteiger partial charge < -0.3 is 10.6 Å². The number of nitrogens with one attached hydrogen (secondary N) is 2. The van der Waals surface area contributed by atoms with E-state index >= 15 is 0 Å². The number of rotatable bonds is 6. The van der Waals surface area contributed by atoms with E-state index in [1.54, 1.807) is 0 Å². The van der Waals surface area contributed by atoms with Gasteiger partial charge >= 0.3 is 6.18 Å². The largest absolute Gasteiger partial charge is 0.416 e. The Morgan fingerprint density at radius 3 is 2.55 bits per heavy atom. The van der Waals surface area contributed by atoms with Crippen LogP contribution in [-0.2, 0) is 21.5 Å². The van der Waals surface area contributed by atoms with Gasteiger partial charge in [0.05, 0.1) is 32.9 Å². The zero-order valence-corrected chi connectivity index (χ0v) is 16.8. The molecule has 0 fully saturated rings. The van der Waals surface area contributed by atoms with Gasteiger partial charge in [0.1, 0.15) is 5.01 Å². The minimum atomic E-state index is -4.56. The van der Waals surface area contributed by atoms with Gasteiger partial charge in [0.2, 0.25) is 11.8 Å². The first-order valence-corrected chi connectivity index (χ1v) is 10.4. The molecular weight excluding hydrogens is 423 g/mol. The fraction of sp³-hybridized carbons (Fsp3) is 0.211. The van der Waals surface area contributed by atoms with Gasteiger partial charge in [-0.2, -0.15) is 13.2 Å². The van der Waals surface area contributed by atoms with E-state index in [-0.39, 0.29) is 17.1 Å². The number of carbonyl (C=O) groups excluding carboxylic acids is 2. The molecule has 29 heavy (non-hydrogen) atoms. The third kappa shape index (κ3) is 5.70. The van der Waals surface area contributed by atoms with Gasteiger partial charge in [-0.05, 0) is 30.3 Å². The van der Waals surface area contributed by atoms with Gasteiger partial charge in [-0.25, -0.2) is 4.98 Å². The number of hydrogen-bond donors (Lipinski definition) is 2. The number of alkyl halides is 3. The van der Waals surface area contributed by atoms with Gasteiger partial charge in [0.15, 0.2) is 0 Å². The zero-order chi connectivity index (χ0) is 21.0. The maximum Gasteiger partial charge on any atom is 0.416 e. The summed E-state index contributed by atoms with van der Waals surface area (Å²) < 4.78 is 40.0. The average Bonchev–Trinajstić information content (AvgIpc) is 3.04. The summed E-state index contributed by atoms with van der Waals surface area (Å²) in [5.41, 5.74) is -0.0128. The minimum Gasteiger partial charge on any atom is -0.325 e. The standard InChI is InChI=1S/C19H16F3N3O2S2/c1-11(26)23-13-7-6-12(19(20,21)22)8-15(13)24-17(27)9-28-10-18-25-14-4-2-3-5-16(14)29-18/h2-8H,9-10H2,1H3,(H,23,26)(H,24,27). The second-order valence-corrected chi connectivity index (χ2v) is 8.16. The summed E-state index contributed by atoms with van der Waals surface area (Å²) in [5, 5.41) is 5.73. The van der Waals surface area contributed by atoms with Crippen LogP contribution in [0.2, 0.25) is 0 Å². The van der Waals surface area contributed by atoms with Crippen LogP contribution in [0.3, 0.4) is 0 Å². The van der Waals surface area contributed by atoms with E-state index in [4.69, 9.17) is 0 Å². The monoisotopic (exact) mass is 439 g/mol. The number of fused-ring (bicyclic) bond motifs is 1. The van der Waals surface area contributed by atoms with Crippen molar-refractivity contribution in [2.45, 2.75) is 18.9 Å². The van der Waals surface area contributed by atoms with Crippen LogP contribution in [0.25, 0.3) is 10.2 Å². The fourth-order valence-corrected chi connectivity index (χ4v) is 4.37. The van der Waals surface area contributed by atoms with Gasteiger partial charge in [-0.3, -0.25) is 9.59 Å². The molecule has 0 bridgehead atoms. The van der Waals surface area contributed by atoms with Crippen LogP contribution in [0, 0.1) is 0 Å². The summed E-state index contributed by atoms with van der Waals surface area (Å²) in [4.78, 5) is 28.0. The summed E-state index contributed by atoms with van der Waals surface area (Å²) in [7, 11) is 0. The Kier molecular flexibility index (Phi) is 6.43. The quantitative estimate of drug-likeness (QED) is 0.558. The number of amides is 2. The molecule has 0 saturated heterocycles. The van der Waals surface area contributed by atoms with Crippen LogP contribution >= 0.6 is 23.1 Å². The van der Waals surface area contributed by atoms with E-state index in [9.17, 15) is 22.8 Å². The predicted octanol–water partition coefficient (Wildman–Crippen LogP) is 5.15. The third-order valence-corrected chi connectivity index (χ3v) is 5.89. The molecule has 2 N–H and O–H groups in total. The first-order chi connectivity index (χ1) is 13.7. The van der Waals surface area contributed by atoms with Crippen LogP contribution in [0.1, 0.15) is 17.5 Å². The Morgan fingerprint density at radius 2 is 1.86 bits per heavy atom. The molecule has 5 nitrogen and oxygen atoms in total. The summed E-state index contributed by atoms with van der Waals surface area (Å²) in [6.07, 6.45) is -4.56. The topological polar surface area (TPSA) is 71.1 Å². The van der Waals surface area contributed by atoms with Crippen molar-refractivity contribution in [3.8, 4) is 0 Å². The molecule has 0 radical (unpaired) electrons. The maximum atomic E-state index is 13.0. The lowest BCUT2D eigenvalue weighted by Gasteiger charge is -2.14. The number of carbonyl (C=O) groups is 2. The lowest BCUT2D eigenvalue weighted by molar-refractivity contribution is -0.137. The van der Waals surface area contributed by atoms with E-state index in [0.29, 0.717) is 5.75 Å². The lowest BCUT2D eigenvalue weighted by atomic mass is 10.1. The predicted molar refractivity (Wildman–Crippen MR) is 110 cm³/mol. The number of anilines is 2. The molecule has 0 atom stereocenters. The summed E-state index contributed by atoms with van der Waals surface area (Å²) in [5.74, 6) is -0.382. The van der Waals surface area contributed by atoms with Gasteiger partial charge in [0.25, 0.3) is 0 Å². The summed E-state index contributed by atoms with van der Waals surface area (Å²) in [6.45, 7) is 1.23. The molecule has 152 valence electrons. The van der Waals surface area contributed by atoms with Crippen LogP contribution < -0.4 is 10.6 Å². The van der Waals surface area contributed by atoms with Crippen molar-refractivity contribution in [3.05, 3.63) is 53.0 Å². The van der Waals surface area contributed by atoms with Crippen LogP contribution in [0.15, 0.2) is 42.5 Å². The van der Waals surface area contributed by atoms with Crippen molar-refractivity contribution in [1.29, 1.82) is 0 Å². The van der Waals surface area contributed by atoms with Crippen molar-refractivity contribution >= 4 is 56.5 Å². The highest BCUT2D eigenvalue weighted by Crippen LogP contribution is 2.34. The third-order valence-electron chi connectivity index (χ3n) is 3.73. The van der Waals surface area contributed by atoms with E-state index in [1.165, 1.54) is 30.0 Å². The fourth-order valence-electron chi connectivity index (χ4n) is 2.52. The Hall–Kier alpha value is -2.59. The molecule has 3 aromatic rings. The number of hydrogen-bond acceptors (Lipinski definition) is 5. The first-order valence-electron chi connectivity index (χ1n) is 8.43. The highest BCUT2D eigenvalue weighted by Gasteiger charge is 2.31. The number of nitrogens with zero attached hydrogens (tertiary/aromatic N) is 1. The van der Waals surface area contributed by atoms with Crippen molar-refractivity contribution in [2.75, 3.05) is 16.4 Å². The molecule has 0 unspecified atom stereocenters. The van der Waals surface area contributed by atoms with Crippen LogP contribution in [0.5, 0.6) is 0 Å². The van der Waals surface area contributed by atoms with Gasteiger partial charge in [-0.15, -0.1) is 23.1 Å². The Bertz CT molecular complexity index is 1020. The van der Waals surface area contributed by atoms with Crippen LogP contribution in [-0.4, -0.2) is 22.6 Å². The lowest BCUT2D eigenvalue weighted by Crippen LogP contribution is -2.18. The first kappa shape index (κ1) is 21.1. The van der Waals surface area contributed by atoms with Crippen molar-refractivity contribution in [2.24, 2.45) is 0 Å². The number of benzene rings is 2. The molecule has 0 aliphatic rings. The number of thioether (sulfide) groups is 1. The van der Waals surface area contributed by atoms with Gasteiger partial charge in [-0.1, -0.05) is 12.1 Å². The van der Waals surface area contributed by atoms with Crippen molar-refractivity contribution in [1.82, 2.24) is 4.98 Å². The Balaban J connectivity index is 1.64. The minimum absolute atomic E-state index is 0.0334. The van der Waals surface area contributed by atoms with Crippen LogP contribution in [0.4, 0.5) is 24.5 Å². The molecule has 0 spiro atoms. The van der Waals surface area contributed by atoms with Crippen molar-refractivity contribution in [3.63, 3.8) is 0 Å². The average molecular weight is 439 g/mol. The normalized spacial score (nSPS) is 11.4. The molecule has 0 aliphatic carbocycles. The second kappa shape index (κ2) is 8.83. The number of halogens is 3. The molecule has 3 rings (SSSR count). The molecule has 10 heteroatoms. The smallest absolute Gasteiger partial charge is 0.325 e. The summed E-state index contributed by atoms with van der Waals surface area (Å²) in [6, 6.07) is 10.5. The molecular formula is C19H16F3N3O2S2. The second-order valence-electron chi connectivity index (χ2n) is 6.06. The van der Waals surface area contributed by atoms with E-state index in [0.717, 1.165) is 33.4 Å². The molecule has 1 aromatic heterocycles. The zero-order valence-electron chi connectivity index (χ0n) is 15.2. The molecule has 2 aromatic carbocycles. The van der Waals surface area contributed by atoms with E-state index < -0.39 is 23.6 Å². The molecule has 0 aliphatic heterocycles. The number of aromatic nitrogens is 1. The maximum absolute atomic E-state index is 13.0. The molecule has 2 amide bonds. The highest BCUT2D eigenvalue weighted by atomic mass is 32.2.